The largest absolute Gasteiger partial charge is 0.497 e. The first-order valence-corrected chi connectivity index (χ1v) is 15.3. The standard InChI is InChI=1S/C38H40N2O6/c1-28(37(42)43)22-32-24-40(25-36(41)39(2)21-19-29-10-6-4-7-11-29)35-18-20-38(23-34(32)35,45-26-30-12-8-5-9-13-30)46-27-31-14-16-33(44-3)17-15-31/h4-18,20,22,24H,19,21,23,25-27H2,1-3H3,(H,42,43)/b28-22+. The third-order valence-corrected chi connectivity index (χ3v) is 8.17. The predicted molar refractivity (Wildman–Crippen MR) is 178 cm³/mol. The van der Waals surface area contributed by atoms with E-state index in [-0.39, 0.29) is 24.6 Å². The van der Waals surface area contributed by atoms with Crippen molar-refractivity contribution in [3.05, 3.63) is 136 Å². The number of benzene rings is 3. The first-order chi connectivity index (χ1) is 22.2. The molecule has 0 saturated heterocycles. The molecule has 8 heteroatoms. The van der Waals surface area contributed by atoms with Gasteiger partial charge in [-0.05, 0) is 71.5 Å². The lowest BCUT2D eigenvalue weighted by Crippen LogP contribution is -2.38. The minimum absolute atomic E-state index is 0.0412. The van der Waals surface area contributed by atoms with E-state index in [2.05, 4.69) is 12.1 Å². The van der Waals surface area contributed by atoms with Crippen LogP contribution in [0.25, 0.3) is 12.2 Å². The van der Waals surface area contributed by atoms with Crippen LogP contribution in [0.3, 0.4) is 0 Å². The Hall–Kier alpha value is -4.92. The van der Waals surface area contributed by atoms with Crippen molar-refractivity contribution in [1.29, 1.82) is 0 Å². The van der Waals surface area contributed by atoms with Crippen molar-refractivity contribution in [2.45, 2.75) is 45.3 Å². The maximum Gasteiger partial charge on any atom is 0.331 e. The van der Waals surface area contributed by atoms with E-state index in [9.17, 15) is 14.7 Å². The van der Waals surface area contributed by atoms with Crippen molar-refractivity contribution < 1.29 is 28.9 Å². The second-order valence-corrected chi connectivity index (χ2v) is 11.5. The van der Waals surface area contributed by atoms with Crippen LogP contribution in [0.1, 0.15) is 40.4 Å². The third kappa shape index (κ3) is 8.21. The molecule has 8 nitrogen and oxygen atoms in total. The average Bonchev–Trinajstić information content (AvgIpc) is 3.41. The summed E-state index contributed by atoms with van der Waals surface area (Å²) in [6.07, 6.45) is 8.39. The Balaban J connectivity index is 1.42. The van der Waals surface area contributed by atoms with Crippen LogP contribution in [0.5, 0.6) is 5.75 Å². The van der Waals surface area contributed by atoms with Crippen molar-refractivity contribution in [1.82, 2.24) is 9.47 Å². The number of hydrogen-bond acceptors (Lipinski definition) is 5. The van der Waals surface area contributed by atoms with Gasteiger partial charge < -0.3 is 28.8 Å². The number of carboxylic acid groups (broad SMARTS) is 1. The van der Waals surface area contributed by atoms with Crippen molar-refractivity contribution >= 4 is 24.0 Å². The molecule has 0 radical (unpaired) electrons. The highest BCUT2D eigenvalue weighted by Gasteiger charge is 2.36. The summed E-state index contributed by atoms with van der Waals surface area (Å²) in [5, 5.41) is 9.68. The van der Waals surface area contributed by atoms with Gasteiger partial charge in [0.2, 0.25) is 5.91 Å². The maximum atomic E-state index is 13.4. The summed E-state index contributed by atoms with van der Waals surface area (Å²) in [5.74, 6) is -1.43. The molecule has 0 aliphatic heterocycles. The molecule has 1 amide bonds. The molecule has 1 unspecified atom stereocenters. The summed E-state index contributed by atoms with van der Waals surface area (Å²) in [5.41, 5.74) is 5.69. The number of carboxylic acids is 1. The van der Waals surface area contributed by atoms with Crippen molar-refractivity contribution in [2.75, 3.05) is 20.7 Å². The van der Waals surface area contributed by atoms with Crippen LogP contribution < -0.4 is 4.74 Å². The summed E-state index contributed by atoms with van der Waals surface area (Å²) in [7, 11) is 3.44. The smallest absolute Gasteiger partial charge is 0.331 e. The molecule has 1 aliphatic rings. The Kier molecular flexibility index (Phi) is 10.5. The fraction of sp³-hybridized carbons (Fsp3) is 0.263. The van der Waals surface area contributed by atoms with Crippen molar-refractivity contribution in [3.63, 3.8) is 0 Å². The zero-order valence-corrected chi connectivity index (χ0v) is 26.5. The lowest BCUT2D eigenvalue weighted by molar-refractivity contribution is -0.217. The monoisotopic (exact) mass is 620 g/mol. The molecule has 0 saturated carbocycles. The van der Waals surface area contributed by atoms with E-state index in [1.54, 1.807) is 25.0 Å². The molecule has 0 spiro atoms. The normalized spacial score (nSPS) is 15.8. The van der Waals surface area contributed by atoms with E-state index in [0.29, 0.717) is 25.1 Å². The number of ether oxygens (including phenoxy) is 3. The van der Waals surface area contributed by atoms with Crippen LogP contribution in [-0.4, -0.2) is 52.9 Å². The number of aromatic nitrogens is 1. The number of nitrogens with zero attached hydrogens (tertiary/aromatic N) is 2. The van der Waals surface area contributed by atoms with Crippen molar-refractivity contribution in [3.8, 4) is 5.75 Å². The molecular formula is C38H40N2O6. The molecule has 1 N–H and O–H groups in total. The van der Waals surface area contributed by atoms with E-state index in [0.717, 1.165) is 34.6 Å². The first kappa shape index (κ1) is 32.5. The van der Waals surface area contributed by atoms with Crippen LogP contribution in [0.15, 0.2) is 103 Å². The van der Waals surface area contributed by atoms with Gasteiger partial charge in [0.25, 0.3) is 0 Å². The predicted octanol–water partition coefficient (Wildman–Crippen LogP) is 6.38. The number of aliphatic carboxylic acids is 1. The Labute approximate surface area is 270 Å². The molecule has 5 rings (SSSR count). The molecule has 3 aromatic carbocycles. The van der Waals surface area contributed by atoms with Crippen LogP contribution in [-0.2, 0) is 51.7 Å². The fourth-order valence-corrected chi connectivity index (χ4v) is 5.37. The molecule has 46 heavy (non-hydrogen) atoms. The molecule has 1 aromatic heterocycles. The molecule has 1 atom stereocenters. The maximum absolute atomic E-state index is 13.4. The average molecular weight is 621 g/mol. The second-order valence-electron chi connectivity index (χ2n) is 11.5. The highest BCUT2D eigenvalue weighted by molar-refractivity contribution is 5.92. The zero-order valence-electron chi connectivity index (χ0n) is 26.5. The van der Waals surface area contributed by atoms with E-state index in [4.69, 9.17) is 14.2 Å². The number of hydrogen-bond donors (Lipinski definition) is 1. The Bertz CT molecular complexity index is 1690. The minimum atomic E-state index is -1.13. The van der Waals surface area contributed by atoms with E-state index in [1.165, 1.54) is 5.56 Å². The summed E-state index contributed by atoms with van der Waals surface area (Å²) in [6, 6.07) is 27.6. The molecule has 0 bridgehead atoms. The summed E-state index contributed by atoms with van der Waals surface area (Å²) >= 11 is 0. The quantitative estimate of drug-likeness (QED) is 0.130. The number of fused-ring (bicyclic) bond motifs is 1. The summed E-state index contributed by atoms with van der Waals surface area (Å²) in [6.45, 7) is 2.86. The second kappa shape index (κ2) is 14.9. The number of methoxy groups -OCH3 is 1. The van der Waals surface area contributed by atoms with Gasteiger partial charge in [-0.25, -0.2) is 4.79 Å². The Morgan fingerprint density at radius 1 is 0.913 bits per heavy atom. The number of amides is 1. The van der Waals surface area contributed by atoms with Crippen molar-refractivity contribution in [2.24, 2.45) is 0 Å². The molecular weight excluding hydrogens is 580 g/mol. The van der Waals surface area contributed by atoms with Crippen LogP contribution in [0.4, 0.5) is 0 Å². The zero-order chi connectivity index (χ0) is 32.5. The van der Waals surface area contributed by atoms with Gasteiger partial charge in [0, 0.05) is 37.5 Å². The van der Waals surface area contributed by atoms with Gasteiger partial charge in [0.15, 0.2) is 5.79 Å². The molecule has 0 fully saturated rings. The van der Waals surface area contributed by atoms with E-state index < -0.39 is 11.8 Å². The minimum Gasteiger partial charge on any atom is -0.497 e. The van der Waals surface area contributed by atoms with Gasteiger partial charge in [-0.1, -0.05) is 72.8 Å². The third-order valence-electron chi connectivity index (χ3n) is 8.17. The highest BCUT2D eigenvalue weighted by atomic mass is 16.7. The van der Waals surface area contributed by atoms with E-state index >= 15 is 0 Å². The van der Waals surface area contributed by atoms with Gasteiger partial charge in [0.1, 0.15) is 12.3 Å². The molecule has 238 valence electrons. The summed E-state index contributed by atoms with van der Waals surface area (Å²) in [4.78, 5) is 26.9. The highest BCUT2D eigenvalue weighted by Crippen LogP contribution is 2.36. The molecule has 4 aromatic rings. The van der Waals surface area contributed by atoms with Gasteiger partial charge in [-0.15, -0.1) is 0 Å². The summed E-state index contributed by atoms with van der Waals surface area (Å²) < 4.78 is 20.3. The fourth-order valence-electron chi connectivity index (χ4n) is 5.37. The number of carbonyl (C=O) groups excluding carboxylic acids is 1. The Morgan fingerprint density at radius 2 is 1.52 bits per heavy atom. The van der Waals surface area contributed by atoms with Gasteiger partial charge >= 0.3 is 5.97 Å². The van der Waals surface area contributed by atoms with Crippen LogP contribution >= 0.6 is 0 Å². The van der Waals surface area contributed by atoms with Gasteiger partial charge in [0.05, 0.1) is 20.3 Å². The van der Waals surface area contributed by atoms with Gasteiger partial charge in [-0.3, -0.25) is 4.79 Å². The van der Waals surface area contributed by atoms with Crippen LogP contribution in [0, 0.1) is 0 Å². The number of carbonyl (C=O) groups is 2. The lowest BCUT2D eigenvalue weighted by Gasteiger charge is -2.34. The molecule has 1 aliphatic carbocycles. The topological polar surface area (TPSA) is 90.2 Å². The first-order valence-electron chi connectivity index (χ1n) is 15.3. The Morgan fingerprint density at radius 3 is 2.13 bits per heavy atom. The SMILES string of the molecule is COc1ccc(COC2(OCc3ccccc3)C=Cc3c(c(/C=C(\C)C(=O)O)cn3CC(=O)N(C)CCc3ccccc3)C2)cc1. The van der Waals surface area contributed by atoms with E-state index in [1.807, 2.05) is 103 Å². The number of likely N-dealkylation sites (N-methyl/N-ethyl adjacent to an activating group) is 1. The van der Waals surface area contributed by atoms with Gasteiger partial charge in [-0.2, -0.15) is 0 Å². The number of rotatable bonds is 14. The lowest BCUT2D eigenvalue weighted by atomic mass is 9.94. The van der Waals surface area contributed by atoms with Crippen LogP contribution in [0.2, 0.25) is 0 Å². The molecule has 1 heterocycles.